The first-order chi connectivity index (χ1) is 14.4. The highest BCUT2D eigenvalue weighted by Crippen LogP contribution is 2.27. The number of nitrogens with zero attached hydrogens (tertiary/aromatic N) is 4. The van der Waals surface area contributed by atoms with E-state index in [0.717, 1.165) is 16.9 Å². The summed E-state index contributed by atoms with van der Waals surface area (Å²) in [4.78, 5) is 13.0. The van der Waals surface area contributed by atoms with Gasteiger partial charge in [0.25, 0.3) is 5.56 Å². The molecule has 3 aromatic rings. The van der Waals surface area contributed by atoms with E-state index in [1.807, 2.05) is 49.4 Å². The highest BCUT2D eigenvalue weighted by atomic mass is 16.5. The molecule has 0 fully saturated rings. The molecule has 0 aliphatic carbocycles. The predicted molar refractivity (Wildman–Crippen MR) is 114 cm³/mol. The molecule has 0 spiro atoms. The van der Waals surface area contributed by atoms with Crippen LogP contribution in [0.1, 0.15) is 22.3 Å². The normalized spacial score (nSPS) is 10.9. The van der Waals surface area contributed by atoms with Crippen molar-refractivity contribution in [2.75, 3.05) is 7.11 Å². The fourth-order valence-corrected chi connectivity index (χ4v) is 3.02. The molecule has 0 saturated heterocycles. The molecule has 0 atom stereocenters. The van der Waals surface area contributed by atoms with Crippen LogP contribution >= 0.6 is 0 Å². The fraction of sp³-hybridized carbons (Fsp3) is 0.217. The van der Waals surface area contributed by atoms with Crippen LogP contribution in [0, 0.1) is 25.2 Å². The van der Waals surface area contributed by atoms with E-state index in [-0.39, 0.29) is 23.7 Å². The molecule has 0 bridgehead atoms. The van der Waals surface area contributed by atoms with Crippen LogP contribution in [0.5, 0.6) is 11.6 Å². The van der Waals surface area contributed by atoms with Crippen LogP contribution in [-0.4, -0.2) is 16.8 Å². The Labute approximate surface area is 174 Å². The van der Waals surface area contributed by atoms with Gasteiger partial charge in [0.05, 0.1) is 12.8 Å². The highest BCUT2D eigenvalue weighted by Gasteiger charge is 2.19. The second-order valence-electron chi connectivity index (χ2n) is 6.87. The van der Waals surface area contributed by atoms with E-state index >= 15 is 0 Å². The minimum atomic E-state index is -0.492. The lowest BCUT2D eigenvalue weighted by atomic mass is 10.1. The Morgan fingerprint density at radius 3 is 2.33 bits per heavy atom. The third-order valence-corrected chi connectivity index (χ3v) is 4.85. The van der Waals surface area contributed by atoms with Crippen LogP contribution in [-0.2, 0) is 13.0 Å². The number of methoxy groups -OCH3 is 1. The van der Waals surface area contributed by atoms with E-state index in [4.69, 9.17) is 4.74 Å². The topological polar surface area (TPSA) is 100.0 Å². The minimum absolute atomic E-state index is 0.0159. The van der Waals surface area contributed by atoms with Crippen LogP contribution in [0.4, 0.5) is 11.4 Å². The average Bonchev–Trinajstić information content (AvgIpc) is 2.75. The third-order valence-electron chi connectivity index (χ3n) is 4.85. The molecule has 0 radical (unpaired) electrons. The number of hydrogen-bond donors (Lipinski definition) is 1. The van der Waals surface area contributed by atoms with Gasteiger partial charge in [0, 0.05) is 12.1 Å². The van der Waals surface area contributed by atoms with Crippen molar-refractivity contribution in [1.29, 1.82) is 5.26 Å². The average molecular weight is 402 g/mol. The van der Waals surface area contributed by atoms with Crippen LogP contribution in [0.15, 0.2) is 63.6 Å². The smallest absolute Gasteiger partial charge is 0.281 e. The maximum Gasteiger partial charge on any atom is 0.281 e. The molecule has 0 saturated carbocycles. The standard InChI is InChI=1S/C23H22N4O3/c1-15-4-8-18(9-5-15)25-26-21-16(2)20(14-24)22(28)27(23(21)29)13-12-17-6-10-19(30-3)11-7-17/h4-11,28H,12-13H2,1-3H3. The maximum absolute atomic E-state index is 13.0. The van der Waals surface area contributed by atoms with Crippen molar-refractivity contribution in [2.45, 2.75) is 26.8 Å². The van der Waals surface area contributed by atoms with Gasteiger partial charge in [-0.2, -0.15) is 10.4 Å². The summed E-state index contributed by atoms with van der Waals surface area (Å²) < 4.78 is 6.31. The first kappa shape index (κ1) is 20.8. The summed E-state index contributed by atoms with van der Waals surface area (Å²) in [6, 6.07) is 16.8. The van der Waals surface area contributed by atoms with Gasteiger partial charge < -0.3 is 9.84 Å². The number of ether oxygens (including phenoxy) is 1. The molecule has 0 amide bonds. The summed E-state index contributed by atoms with van der Waals surface area (Å²) in [5, 5.41) is 28.2. The van der Waals surface area contributed by atoms with E-state index in [2.05, 4.69) is 10.2 Å². The Kier molecular flexibility index (Phi) is 6.28. The van der Waals surface area contributed by atoms with Gasteiger partial charge in [-0.1, -0.05) is 29.8 Å². The highest BCUT2D eigenvalue weighted by molar-refractivity contribution is 5.56. The Bertz CT molecular complexity index is 1170. The number of aryl methyl sites for hydroxylation is 2. The van der Waals surface area contributed by atoms with Gasteiger partial charge in [-0.3, -0.25) is 9.36 Å². The monoisotopic (exact) mass is 402 g/mol. The molecule has 0 aliphatic heterocycles. The van der Waals surface area contributed by atoms with Crippen LogP contribution in [0.2, 0.25) is 0 Å². The number of benzene rings is 2. The van der Waals surface area contributed by atoms with Crippen LogP contribution < -0.4 is 10.3 Å². The molecule has 0 aliphatic rings. The molecular formula is C23H22N4O3. The van der Waals surface area contributed by atoms with Crippen molar-refractivity contribution in [3.8, 4) is 17.7 Å². The zero-order valence-corrected chi connectivity index (χ0v) is 17.1. The van der Waals surface area contributed by atoms with Crippen molar-refractivity contribution in [1.82, 2.24) is 4.57 Å². The number of pyridine rings is 1. The van der Waals surface area contributed by atoms with Crippen molar-refractivity contribution in [3.05, 3.63) is 81.1 Å². The lowest BCUT2D eigenvalue weighted by Crippen LogP contribution is -2.22. The zero-order valence-electron chi connectivity index (χ0n) is 17.1. The molecule has 1 N–H and O–H groups in total. The number of nitriles is 1. The molecule has 30 heavy (non-hydrogen) atoms. The summed E-state index contributed by atoms with van der Waals surface area (Å²) in [7, 11) is 1.59. The van der Waals surface area contributed by atoms with E-state index in [1.165, 1.54) is 4.57 Å². The number of aromatic nitrogens is 1. The summed E-state index contributed by atoms with van der Waals surface area (Å²) in [5.41, 5.74) is 2.51. The van der Waals surface area contributed by atoms with Gasteiger partial charge >= 0.3 is 0 Å². The van der Waals surface area contributed by atoms with Gasteiger partial charge in [0.1, 0.15) is 17.4 Å². The van der Waals surface area contributed by atoms with Crippen molar-refractivity contribution >= 4 is 11.4 Å². The lowest BCUT2D eigenvalue weighted by molar-refractivity contribution is 0.403. The van der Waals surface area contributed by atoms with Crippen LogP contribution in [0.3, 0.4) is 0 Å². The summed E-state index contributed by atoms with van der Waals surface area (Å²) in [5.74, 6) is 0.377. The first-order valence-electron chi connectivity index (χ1n) is 9.42. The number of aromatic hydroxyl groups is 1. The van der Waals surface area contributed by atoms with Crippen molar-refractivity contribution < 1.29 is 9.84 Å². The molecule has 0 unspecified atom stereocenters. The molecule has 152 valence electrons. The molecule has 7 nitrogen and oxygen atoms in total. The lowest BCUT2D eigenvalue weighted by Gasteiger charge is -2.13. The van der Waals surface area contributed by atoms with Gasteiger partial charge in [0.15, 0.2) is 5.69 Å². The number of hydrogen-bond acceptors (Lipinski definition) is 6. The second-order valence-corrected chi connectivity index (χ2v) is 6.87. The zero-order chi connectivity index (χ0) is 21.7. The van der Waals surface area contributed by atoms with E-state index < -0.39 is 5.56 Å². The Morgan fingerprint density at radius 1 is 1.07 bits per heavy atom. The summed E-state index contributed by atoms with van der Waals surface area (Å²) in [6.07, 6.45) is 0.486. The molecule has 1 aromatic heterocycles. The van der Waals surface area contributed by atoms with Crippen molar-refractivity contribution in [2.24, 2.45) is 10.2 Å². The van der Waals surface area contributed by atoms with Crippen LogP contribution in [0.25, 0.3) is 0 Å². The van der Waals surface area contributed by atoms with Gasteiger partial charge in [-0.15, -0.1) is 5.11 Å². The second kappa shape index (κ2) is 9.05. The minimum Gasteiger partial charge on any atom is -0.497 e. The molecule has 1 heterocycles. The predicted octanol–water partition coefficient (Wildman–Crippen LogP) is 4.71. The quantitative estimate of drug-likeness (QED) is 0.604. The molecule has 7 heteroatoms. The Morgan fingerprint density at radius 2 is 1.73 bits per heavy atom. The Hall–Kier alpha value is -3.92. The summed E-state index contributed by atoms with van der Waals surface area (Å²) >= 11 is 0. The first-order valence-corrected chi connectivity index (χ1v) is 9.42. The molecule has 3 rings (SSSR count). The van der Waals surface area contributed by atoms with E-state index in [9.17, 15) is 15.2 Å². The summed E-state index contributed by atoms with van der Waals surface area (Å²) in [6.45, 7) is 3.74. The van der Waals surface area contributed by atoms with E-state index in [0.29, 0.717) is 17.7 Å². The SMILES string of the molecule is COc1ccc(CCn2c(O)c(C#N)c(C)c(N=Nc3ccc(C)cc3)c2=O)cc1. The number of rotatable bonds is 6. The van der Waals surface area contributed by atoms with Gasteiger partial charge in [0.2, 0.25) is 5.88 Å². The van der Waals surface area contributed by atoms with Crippen molar-refractivity contribution in [3.63, 3.8) is 0 Å². The maximum atomic E-state index is 13.0. The Balaban J connectivity index is 1.96. The van der Waals surface area contributed by atoms with Gasteiger partial charge in [-0.05, 0) is 50.1 Å². The fourth-order valence-electron chi connectivity index (χ4n) is 3.02. The molecular weight excluding hydrogens is 380 g/mol. The molecule has 2 aromatic carbocycles. The number of azo groups is 1. The third kappa shape index (κ3) is 4.39. The largest absolute Gasteiger partial charge is 0.497 e. The van der Waals surface area contributed by atoms with Gasteiger partial charge in [-0.25, -0.2) is 0 Å². The van der Waals surface area contributed by atoms with E-state index in [1.54, 1.807) is 26.2 Å².